The van der Waals surface area contributed by atoms with Gasteiger partial charge in [-0.3, -0.25) is 0 Å². The van der Waals surface area contributed by atoms with Gasteiger partial charge in [-0.25, -0.2) is 9.37 Å². The molecule has 1 aliphatic rings. The van der Waals surface area contributed by atoms with Crippen molar-refractivity contribution in [3.63, 3.8) is 0 Å². The lowest BCUT2D eigenvalue weighted by Gasteiger charge is -2.27. The van der Waals surface area contributed by atoms with E-state index in [1.165, 1.54) is 6.20 Å². The number of aromatic nitrogens is 2. The Morgan fingerprint density at radius 2 is 2.06 bits per heavy atom. The number of thioether (sulfide) groups is 1. The molecule has 0 spiro atoms. The minimum atomic E-state index is -0.375. The standard InChI is InChI=1S/C10H15FN4S/c1-14(2)9-8(11)7-12-10(13-9)15-3-5-16-6-4-15/h7H,3-6H2,1-2H3. The van der Waals surface area contributed by atoms with Crippen molar-refractivity contribution < 1.29 is 4.39 Å². The predicted octanol–water partition coefficient (Wildman–Crippen LogP) is 1.23. The molecule has 0 unspecified atom stereocenters. The summed E-state index contributed by atoms with van der Waals surface area (Å²) >= 11 is 1.93. The molecule has 0 saturated carbocycles. The fraction of sp³-hybridized carbons (Fsp3) is 0.600. The van der Waals surface area contributed by atoms with E-state index in [-0.39, 0.29) is 5.82 Å². The Labute approximate surface area is 98.9 Å². The normalized spacial score (nSPS) is 16.3. The SMILES string of the molecule is CN(C)c1nc(N2CCSCC2)ncc1F. The molecule has 0 radical (unpaired) electrons. The van der Waals surface area contributed by atoms with E-state index in [0.717, 1.165) is 24.6 Å². The number of anilines is 2. The molecule has 2 heterocycles. The molecule has 1 saturated heterocycles. The van der Waals surface area contributed by atoms with E-state index < -0.39 is 0 Å². The zero-order valence-corrected chi connectivity index (χ0v) is 10.3. The highest BCUT2D eigenvalue weighted by atomic mass is 32.2. The van der Waals surface area contributed by atoms with Crippen molar-refractivity contribution in [1.29, 1.82) is 0 Å². The first-order valence-electron chi connectivity index (χ1n) is 5.21. The molecule has 1 fully saturated rings. The van der Waals surface area contributed by atoms with E-state index in [9.17, 15) is 4.39 Å². The lowest BCUT2D eigenvalue weighted by molar-refractivity contribution is 0.609. The van der Waals surface area contributed by atoms with Gasteiger partial charge in [-0.15, -0.1) is 0 Å². The summed E-state index contributed by atoms with van der Waals surface area (Å²) < 4.78 is 13.4. The van der Waals surface area contributed by atoms with Crippen LogP contribution in [-0.2, 0) is 0 Å². The maximum atomic E-state index is 13.4. The lowest BCUT2D eigenvalue weighted by Crippen LogP contribution is -2.34. The molecule has 0 aromatic carbocycles. The molecule has 16 heavy (non-hydrogen) atoms. The van der Waals surface area contributed by atoms with Crippen LogP contribution in [0.5, 0.6) is 0 Å². The van der Waals surface area contributed by atoms with Crippen LogP contribution in [0.2, 0.25) is 0 Å². The summed E-state index contributed by atoms with van der Waals surface area (Å²) in [6, 6.07) is 0. The average molecular weight is 242 g/mol. The van der Waals surface area contributed by atoms with E-state index in [4.69, 9.17) is 0 Å². The first-order chi connectivity index (χ1) is 7.68. The Hall–Kier alpha value is -1.04. The minimum Gasteiger partial charge on any atom is -0.360 e. The summed E-state index contributed by atoms with van der Waals surface area (Å²) in [5.74, 6) is 2.77. The molecule has 6 heteroatoms. The fourth-order valence-corrected chi connectivity index (χ4v) is 2.48. The summed E-state index contributed by atoms with van der Waals surface area (Å²) in [6.45, 7) is 1.87. The number of hydrogen-bond acceptors (Lipinski definition) is 5. The largest absolute Gasteiger partial charge is 0.360 e. The molecule has 4 nitrogen and oxygen atoms in total. The van der Waals surface area contributed by atoms with Crippen molar-refractivity contribution >= 4 is 23.5 Å². The monoisotopic (exact) mass is 242 g/mol. The highest BCUT2D eigenvalue weighted by Crippen LogP contribution is 2.19. The highest BCUT2D eigenvalue weighted by Gasteiger charge is 2.16. The molecule has 0 amide bonds. The van der Waals surface area contributed by atoms with Crippen LogP contribution in [0, 0.1) is 5.82 Å². The molecular formula is C10H15FN4S. The fourth-order valence-electron chi connectivity index (χ4n) is 1.58. The Morgan fingerprint density at radius 1 is 1.38 bits per heavy atom. The van der Waals surface area contributed by atoms with Crippen molar-refractivity contribution in [1.82, 2.24) is 9.97 Å². The van der Waals surface area contributed by atoms with Gasteiger partial charge in [0.25, 0.3) is 0 Å². The van der Waals surface area contributed by atoms with Crippen molar-refractivity contribution in [2.24, 2.45) is 0 Å². The predicted molar refractivity (Wildman–Crippen MR) is 65.9 cm³/mol. The summed E-state index contributed by atoms with van der Waals surface area (Å²) in [4.78, 5) is 12.1. The summed E-state index contributed by atoms with van der Waals surface area (Å²) in [6.07, 6.45) is 1.25. The Kier molecular flexibility index (Phi) is 3.48. The number of nitrogens with zero attached hydrogens (tertiary/aromatic N) is 4. The number of halogens is 1. The third kappa shape index (κ3) is 2.37. The van der Waals surface area contributed by atoms with Crippen LogP contribution in [0.4, 0.5) is 16.2 Å². The van der Waals surface area contributed by atoms with Gasteiger partial charge < -0.3 is 9.80 Å². The lowest BCUT2D eigenvalue weighted by atomic mass is 10.5. The molecule has 2 rings (SSSR count). The Morgan fingerprint density at radius 3 is 2.69 bits per heavy atom. The van der Waals surface area contributed by atoms with Crippen molar-refractivity contribution in [3.8, 4) is 0 Å². The van der Waals surface area contributed by atoms with E-state index in [2.05, 4.69) is 14.9 Å². The second kappa shape index (κ2) is 4.86. The quantitative estimate of drug-likeness (QED) is 0.779. The molecule has 0 N–H and O–H groups in total. The molecule has 1 aliphatic heterocycles. The van der Waals surface area contributed by atoms with Gasteiger partial charge in [0.05, 0.1) is 6.20 Å². The molecular weight excluding hydrogens is 227 g/mol. The number of hydrogen-bond donors (Lipinski definition) is 0. The van der Waals surface area contributed by atoms with Gasteiger partial charge in [-0.1, -0.05) is 0 Å². The molecule has 0 aliphatic carbocycles. The molecule has 1 aromatic rings. The average Bonchev–Trinajstić information content (AvgIpc) is 2.30. The van der Waals surface area contributed by atoms with Crippen molar-refractivity contribution in [2.75, 3.05) is 48.5 Å². The van der Waals surface area contributed by atoms with Crippen LogP contribution < -0.4 is 9.80 Å². The first kappa shape index (κ1) is 11.4. The van der Waals surface area contributed by atoms with Crippen LogP contribution in [0.1, 0.15) is 0 Å². The van der Waals surface area contributed by atoms with Crippen LogP contribution in [0.3, 0.4) is 0 Å². The maximum Gasteiger partial charge on any atom is 0.227 e. The molecule has 1 aromatic heterocycles. The third-order valence-electron chi connectivity index (χ3n) is 2.43. The van der Waals surface area contributed by atoms with Gasteiger partial charge in [0.15, 0.2) is 11.6 Å². The van der Waals surface area contributed by atoms with Crippen LogP contribution in [0.15, 0.2) is 6.20 Å². The van der Waals surface area contributed by atoms with E-state index >= 15 is 0 Å². The van der Waals surface area contributed by atoms with Gasteiger partial charge in [-0.05, 0) is 0 Å². The second-order valence-electron chi connectivity index (χ2n) is 3.84. The van der Waals surface area contributed by atoms with Crippen LogP contribution in [0.25, 0.3) is 0 Å². The Bertz CT molecular complexity index is 366. The topological polar surface area (TPSA) is 32.3 Å². The van der Waals surface area contributed by atoms with Gasteiger partial charge >= 0.3 is 0 Å². The summed E-state index contributed by atoms with van der Waals surface area (Å²) in [5.41, 5.74) is 0. The molecule has 88 valence electrons. The summed E-state index contributed by atoms with van der Waals surface area (Å²) in [5, 5.41) is 0. The second-order valence-corrected chi connectivity index (χ2v) is 5.06. The van der Waals surface area contributed by atoms with Crippen molar-refractivity contribution in [2.45, 2.75) is 0 Å². The molecule has 0 atom stereocenters. The number of rotatable bonds is 2. The van der Waals surface area contributed by atoms with Gasteiger partial charge in [0.2, 0.25) is 5.95 Å². The van der Waals surface area contributed by atoms with E-state index in [1.54, 1.807) is 19.0 Å². The van der Waals surface area contributed by atoms with E-state index in [1.807, 2.05) is 11.8 Å². The molecule has 0 bridgehead atoms. The third-order valence-corrected chi connectivity index (χ3v) is 3.37. The highest BCUT2D eigenvalue weighted by molar-refractivity contribution is 7.99. The Balaban J connectivity index is 2.24. The first-order valence-corrected chi connectivity index (χ1v) is 6.36. The van der Waals surface area contributed by atoms with Gasteiger partial charge in [0.1, 0.15) is 0 Å². The van der Waals surface area contributed by atoms with Crippen LogP contribution >= 0.6 is 11.8 Å². The zero-order valence-electron chi connectivity index (χ0n) is 9.48. The van der Waals surface area contributed by atoms with Crippen LogP contribution in [-0.4, -0.2) is 48.7 Å². The smallest absolute Gasteiger partial charge is 0.227 e. The van der Waals surface area contributed by atoms with E-state index in [0.29, 0.717) is 11.8 Å². The summed E-state index contributed by atoms with van der Waals surface area (Å²) in [7, 11) is 3.56. The van der Waals surface area contributed by atoms with Crippen molar-refractivity contribution in [3.05, 3.63) is 12.0 Å². The maximum absolute atomic E-state index is 13.4. The zero-order chi connectivity index (χ0) is 11.5. The van der Waals surface area contributed by atoms with Gasteiger partial charge in [0, 0.05) is 38.7 Å². The minimum absolute atomic E-state index is 0.350. The van der Waals surface area contributed by atoms with Gasteiger partial charge in [-0.2, -0.15) is 16.7 Å².